The van der Waals surface area contributed by atoms with Gasteiger partial charge in [-0.15, -0.1) is 0 Å². The number of benzene rings is 2. The van der Waals surface area contributed by atoms with Crippen molar-refractivity contribution in [1.29, 1.82) is 0 Å². The lowest BCUT2D eigenvalue weighted by Gasteiger charge is -2.31. The highest BCUT2D eigenvalue weighted by atomic mass is 35.5. The number of hydrogen-bond donors (Lipinski definition) is 1. The first kappa shape index (κ1) is 28.5. The number of hydrogen-bond acceptors (Lipinski definition) is 9. The van der Waals surface area contributed by atoms with Gasteiger partial charge in [-0.25, -0.2) is 4.79 Å². The Hall–Kier alpha value is -3.69. The lowest BCUT2D eigenvalue weighted by Crippen LogP contribution is -2.39. The Balaban J connectivity index is 0.000000205. The predicted molar refractivity (Wildman–Crippen MR) is 130 cm³/mol. The van der Waals surface area contributed by atoms with Crippen molar-refractivity contribution in [3.05, 3.63) is 77.4 Å². The van der Waals surface area contributed by atoms with Crippen LogP contribution in [0.2, 0.25) is 0 Å². The normalized spacial score (nSPS) is 19.1. The van der Waals surface area contributed by atoms with Gasteiger partial charge in [0, 0.05) is 38.8 Å². The lowest BCUT2D eigenvalue weighted by atomic mass is 10.1. The zero-order chi connectivity index (χ0) is 26.9. The first-order chi connectivity index (χ1) is 16.8. The highest BCUT2D eigenvalue weighted by Crippen LogP contribution is 2.26. The molecule has 2 heterocycles. The molecular weight excluding hydrogens is 492 g/mol. The van der Waals surface area contributed by atoms with E-state index >= 15 is 0 Å². The van der Waals surface area contributed by atoms with Crippen LogP contribution in [-0.4, -0.2) is 46.4 Å². The molecule has 4 rings (SSSR count). The number of halogens is 1. The molecule has 36 heavy (non-hydrogen) atoms. The fraction of sp³-hybridized carbons (Fsp3) is 0.308. The summed E-state index contributed by atoms with van der Waals surface area (Å²) in [5.74, 6) is -3.69. The number of ether oxygens (including phenoxy) is 4. The molecule has 0 bridgehead atoms. The number of cyclic esters (lactones) is 3. The van der Waals surface area contributed by atoms with Crippen molar-refractivity contribution in [2.75, 3.05) is 6.61 Å². The van der Waals surface area contributed by atoms with Gasteiger partial charge in [0.05, 0.1) is 6.61 Å². The Labute approximate surface area is 213 Å². The summed E-state index contributed by atoms with van der Waals surface area (Å²) in [7, 11) is 0. The van der Waals surface area contributed by atoms with E-state index in [4.69, 9.17) is 21.1 Å². The van der Waals surface area contributed by atoms with Crippen LogP contribution >= 0.6 is 11.6 Å². The molecule has 0 aliphatic carbocycles. The van der Waals surface area contributed by atoms with Gasteiger partial charge in [0.25, 0.3) is 11.0 Å². The summed E-state index contributed by atoms with van der Waals surface area (Å²) in [5.41, 5.74) is 1.26. The zero-order valence-electron chi connectivity index (χ0n) is 20.3. The van der Waals surface area contributed by atoms with Gasteiger partial charge in [0.1, 0.15) is 17.8 Å². The summed E-state index contributed by atoms with van der Waals surface area (Å²) in [4.78, 5) is 43.2. The maximum absolute atomic E-state index is 11.7. The lowest BCUT2D eigenvalue weighted by molar-refractivity contribution is -0.231. The number of rotatable bonds is 2. The number of aliphatic hydroxyl groups excluding tert-OH is 1. The molecule has 2 saturated heterocycles. The summed E-state index contributed by atoms with van der Waals surface area (Å²) < 4.78 is 19.7. The van der Waals surface area contributed by atoms with Gasteiger partial charge in [-0.05, 0) is 11.6 Å². The third kappa shape index (κ3) is 9.16. The average molecular weight is 519 g/mol. The molecule has 10 heteroatoms. The third-order valence-corrected chi connectivity index (χ3v) is 4.71. The monoisotopic (exact) mass is 518 g/mol. The number of esters is 3. The Morgan fingerprint density at radius 1 is 0.778 bits per heavy atom. The highest BCUT2D eigenvalue weighted by Gasteiger charge is 2.35. The van der Waals surface area contributed by atoms with Crippen molar-refractivity contribution in [1.82, 2.24) is 0 Å². The smallest absolute Gasteiger partial charge is 0.342 e. The van der Waals surface area contributed by atoms with E-state index in [-0.39, 0.29) is 24.4 Å². The van der Waals surface area contributed by atoms with Gasteiger partial charge < -0.3 is 24.1 Å². The molecule has 192 valence electrons. The summed E-state index contributed by atoms with van der Waals surface area (Å²) in [6.07, 6.45) is -0.274. The van der Waals surface area contributed by atoms with E-state index in [2.05, 4.69) is 9.47 Å². The Kier molecular flexibility index (Phi) is 9.77. The fourth-order valence-corrected chi connectivity index (χ4v) is 3.01. The molecule has 0 radical (unpaired) electrons. The van der Waals surface area contributed by atoms with Gasteiger partial charge in [-0.3, -0.25) is 14.4 Å². The minimum absolute atomic E-state index is 0.0482. The summed E-state index contributed by atoms with van der Waals surface area (Å²) in [6.45, 7) is 6.39. The van der Waals surface area contributed by atoms with Crippen LogP contribution in [0, 0.1) is 0 Å². The van der Waals surface area contributed by atoms with E-state index in [1.54, 1.807) is 62.4 Å². The Morgan fingerprint density at radius 2 is 1.25 bits per heavy atom. The minimum Gasteiger partial charge on any atom is -0.507 e. The standard InChI is InChI=1S/C13H14O4.C7H5ClO.C6H8O4/c1-13(2)16-8-10(12(15)17-13)11(14)9-6-4-3-5-7-9;8-7(9)6-4-2-1-3-5-6;1-6(2)9-4(7)3-5(8)10-6/h3-7,14H,8H2,1-2H3;1-5H;3H2,1-2H3/b11-10+;;. The van der Waals surface area contributed by atoms with Crippen LogP contribution in [0.25, 0.3) is 5.76 Å². The molecule has 0 atom stereocenters. The molecule has 2 aromatic rings. The Bertz CT molecular complexity index is 1100. The van der Waals surface area contributed by atoms with Gasteiger partial charge in [-0.2, -0.15) is 0 Å². The molecule has 0 spiro atoms. The van der Waals surface area contributed by atoms with Crippen LogP contribution in [0.15, 0.2) is 66.2 Å². The minimum atomic E-state index is -1.08. The summed E-state index contributed by atoms with van der Waals surface area (Å²) >= 11 is 5.16. The predicted octanol–water partition coefficient (Wildman–Crippen LogP) is 4.54. The average Bonchev–Trinajstić information content (AvgIpc) is 2.78. The molecule has 0 unspecified atom stereocenters. The largest absolute Gasteiger partial charge is 0.507 e. The topological polar surface area (TPSA) is 125 Å². The molecule has 2 fully saturated rings. The fourth-order valence-electron chi connectivity index (χ4n) is 2.88. The van der Waals surface area contributed by atoms with Crippen molar-refractivity contribution in [2.24, 2.45) is 0 Å². The maximum atomic E-state index is 11.7. The quantitative estimate of drug-likeness (QED) is 0.200. The SMILES string of the molecule is CC1(C)OC(=O)CC(=O)O1.CC1(C)OC/C(=C(\O)c2ccccc2)C(=O)O1.O=C(Cl)c1ccccc1. The van der Waals surface area contributed by atoms with Crippen LogP contribution < -0.4 is 0 Å². The van der Waals surface area contributed by atoms with E-state index in [1.165, 1.54) is 13.8 Å². The zero-order valence-corrected chi connectivity index (χ0v) is 21.0. The van der Waals surface area contributed by atoms with Crippen molar-refractivity contribution in [2.45, 2.75) is 45.7 Å². The van der Waals surface area contributed by atoms with E-state index in [1.807, 2.05) is 12.1 Å². The van der Waals surface area contributed by atoms with Gasteiger partial charge in [0.2, 0.25) is 5.79 Å². The molecule has 2 aliphatic heterocycles. The van der Waals surface area contributed by atoms with Crippen LogP contribution in [0.4, 0.5) is 0 Å². The van der Waals surface area contributed by atoms with E-state index in [0.29, 0.717) is 11.1 Å². The van der Waals surface area contributed by atoms with Crippen LogP contribution in [-0.2, 0) is 33.3 Å². The molecular formula is C26H27ClO9. The van der Waals surface area contributed by atoms with Crippen molar-refractivity contribution < 1.29 is 43.2 Å². The molecule has 2 aliphatic rings. The van der Waals surface area contributed by atoms with Gasteiger partial charge in [-0.1, -0.05) is 60.7 Å². The van der Waals surface area contributed by atoms with Crippen molar-refractivity contribution >= 4 is 40.5 Å². The first-order valence-corrected chi connectivity index (χ1v) is 11.2. The second-order valence-corrected chi connectivity index (χ2v) is 8.78. The van der Waals surface area contributed by atoms with Gasteiger partial charge in [0.15, 0.2) is 0 Å². The molecule has 9 nitrogen and oxygen atoms in total. The summed E-state index contributed by atoms with van der Waals surface area (Å²) in [5, 5.41) is 9.58. The van der Waals surface area contributed by atoms with E-state index in [0.717, 1.165) is 0 Å². The molecule has 2 aromatic carbocycles. The van der Waals surface area contributed by atoms with Crippen LogP contribution in [0.5, 0.6) is 0 Å². The number of carbonyl (C=O) groups is 4. The molecule has 0 aromatic heterocycles. The highest BCUT2D eigenvalue weighted by molar-refractivity contribution is 6.67. The first-order valence-electron chi connectivity index (χ1n) is 10.8. The van der Waals surface area contributed by atoms with E-state index in [9.17, 15) is 24.3 Å². The maximum Gasteiger partial charge on any atom is 0.342 e. The van der Waals surface area contributed by atoms with Crippen molar-refractivity contribution in [3.8, 4) is 0 Å². The molecule has 1 N–H and O–H groups in total. The van der Waals surface area contributed by atoms with Gasteiger partial charge >= 0.3 is 17.9 Å². The molecule has 0 saturated carbocycles. The Morgan fingerprint density at radius 3 is 1.64 bits per heavy atom. The van der Waals surface area contributed by atoms with Crippen LogP contribution in [0.1, 0.15) is 50.0 Å². The van der Waals surface area contributed by atoms with Crippen molar-refractivity contribution in [3.63, 3.8) is 0 Å². The molecule has 0 amide bonds. The second kappa shape index (κ2) is 12.3. The van der Waals surface area contributed by atoms with E-state index < -0.39 is 34.7 Å². The third-order valence-electron chi connectivity index (χ3n) is 4.49. The summed E-state index contributed by atoms with van der Waals surface area (Å²) in [6, 6.07) is 17.6. The number of carbonyl (C=O) groups excluding carboxylic acids is 4. The second-order valence-electron chi connectivity index (χ2n) is 8.44. The number of aliphatic hydroxyl groups is 1. The van der Waals surface area contributed by atoms with Crippen LogP contribution in [0.3, 0.4) is 0 Å².